The summed E-state index contributed by atoms with van der Waals surface area (Å²) in [4.78, 5) is 4.93. The molecule has 0 amide bonds. The van der Waals surface area contributed by atoms with Gasteiger partial charge in [-0.1, -0.05) is 26.7 Å². The van der Waals surface area contributed by atoms with Crippen molar-refractivity contribution in [3.8, 4) is 0 Å². The highest BCUT2D eigenvalue weighted by molar-refractivity contribution is 4.93. The maximum absolute atomic E-state index is 11.1. The average molecular weight is 268 g/mol. The Morgan fingerprint density at radius 2 is 1.74 bits per heavy atom. The van der Waals surface area contributed by atoms with Gasteiger partial charge < -0.3 is 14.9 Å². The monoisotopic (exact) mass is 268 g/mol. The van der Waals surface area contributed by atoms with Gasteiger partial charge in [0.1, 0.15) is 0 Å². The van der Waals surface area contributed by atoms with Crippen molar-refractivity contribution < 1.29 is 5.11 Å². The Morgan fingerprint density at radius 3 is 2.26 bits per heavy atom. The smallest absolute Gasteiger partial charge is 0.0710 e. The SMILES string of the molecule is CCC(O)(C(C)CN1CCN(C)CC1)C1CCCC1. The van der Waals surface area contributed by atoms with Gasteiger partial charge in [0, 0.05) is 32.7 Å². The van der Waals surface area contributed by atoms with Gasteiger partial charge in [-0.2, -0.15) is 0 Å². The number of aliphatic hydroxyl groups is 1. The number of piperazine rings is 1. The third kappa shape index (κ3) is 3.50. The first-order valence-electron chi connectivity index (χ1n) is 8.19. The normalized spacial score (nSPS) is 28.4. The number of nitrogens with zero attached hydrogens (tertiary/aromatic N) is 2. The van der Waals surface area contributed by atoms with Crippen LogP contribution in [0.1, 0.15) is 46.0 Å². The molecule has 1 aliphatic heterocycles. The van der Waals surface area contributed by atoms with Gasteiger partial charge in [-0.25, -0.2) is 0 Å². The maximum Gasteiger partial charge on any atom is 0.0710 e. The zero-order valence-corrected chi connectivity index (χ0v) is 13.1. The Balaban J connectivity index is 1.90. The third-order valence-electron chi connectivity index (χ3n) is 5.61. The summed E-state index contributed by atoms with van der Waals surface area (Å²) in [5, 5.41) is 11.1. The van der Waals surface area contributed by atoms with Crippen LogP contribution in [0.4, 0.5) is 0 Å². The Morgan fingerprint density at radius 1 is 1.16 bits per heavy atom. The molecule has 0 radical (unpaired) electrons. The fourth-order valence-electron chi connectivity index (χ4n) is 4.04. The third-order valence-corrected chi connectivity index (χ3v) is 5.61. The quantitative estimate of drug-likeness (QED) is 0.828. The Hall–Kier alpha value is -0.120. The minimum Gasteiger partial charge on any atom is -0.389 e. The zero-order valence-electron chi connectivity index (χ0n) is 13.1. The largest absolute Gasteiger partial charge is 0.389 e. The Labute approximate surface area is 119 Å². The van der Waals surface area contributed by atoms with E-state index in [-0.39, 0.29) is 0 Å². The van der Waals surface area contributed by atoms with E-state index in [4.69, 9.17) is 0 Å². The van der Waals surface area contributed by atoms with Crippen molar-refractivity contribution in [3.63, 3.8) is 0 Å². The van der Waals surface area contributed by atoms with Crippen LogP contribution in [0.15, 0.2) is 0 Å². The highest BCUT2D eigenvalue weighted by Crippen LogP contribution is 2.40. The summed E-state index contributed by atoms with van der Waals surface area (Å²) in [6, 6.07) is 0. The fourth-order valence-corrected chi connectivity index (χ4v) is 4.04. The molecule has 1 heterocycles. The van der Waals surface area contributed by atoms with E-state index in [2.05, 4.69) is 30.7 Å². The van der Waals surface area contributed by atoms with E-state index < -0.39 is 5.60 Å². The van der Waals surface area contributed by atoms with Gasteiger partial charge in [0.05, 0.1) is 5.60 Å². The van der Waals surface area contributed by atoms with Crippen LogP contribution in [0.3, 0.4) is 0 Å². The molecule has 1 saturated heterocycles. The van der Waals surface area contributed by atoms with E-state index in [0.29, 0.717) is 11.8 Å². The average Bonchev–Trinajstić information content (AvgIpc) is 2.95. The molecule has 0 aromatic carbocycles. The predicted molar refractivity (Wildman–Crippen MR) is 80.3 cm³/mol. The van der Waals surface area contributed by atoms with Crippen LogP contribution in [0, 0.1) is 11.8 Å². The predicted octanol–water partition coefficient (Wildman–Crippen LogP) is 2.20. The van der Waals surface area contributed by atoms with Gasteiger partial charge in [0.15, 0.2) is 0 Å². The first kappa shape index (κ1) is 15.3. The topological polar surface area (TPSA) is 26.7 Å². The second kappa shape index (κ2) is 6.55. The van der Waals surface area contributed by atoms with Crippen LogP contribution >= 0.6 is 0 Å². The van der Waals surface area contributed by atoms with Crippen LogP contribution in [-0.2, 0) is 0 Å². The lowest BCUT2D eigenvalue weighted by Crippen LogP contribution is -2.51. The summed E-state index contributed by atoms with van der Waals surface area (Å²) in [5.74, 6) is 0.934. The van der Waals surface area contributed by atoms with Crippen LogP contribution in [0.2, 0.25) is 0 Å². The van der Waals surface area contributed by atoms with Crippen LogP contribution in [0.25, 0.3) is 0 Å². The molecule has 0 bridgehead atoms. The first-order valence-corrected chi connectivity index (χ1v) is 8.19. The molecule has 2 atom stereocenters. The number of rotatable bonds is 5. The molecular formula is C16H32N2O. The van der Waals surface area contributed by atoms with Crippen molar-refractivity contribution in [2.24, 2.45) is 11.8 Å². The summed E-state index contributed by atoms with van der Waals surface area (Å²) >= 11 is 0. The summed E-state index contributed by atoms with van der Waals surface area (Å²) in [5.41, 5.74) is -0.431. The van der Waals surface area contributed by atoms with Gasteiger partial charge >= 0.3 is 0 Å². The second-order valence-corrected chi connectivity index (χ2v) is 6.83. The summed E-state index contributed by atoms with van der Waals surface area (Å²) in [6.45, 7) is 10.1. The maximum atomic E-state index is 11.1. The Kier molecular flexibility index (Phi) is 5.27. The van der Waals surface area contributed by atoms with E-state index in [0.717, 1.165) is 26.1 Å². The Bertz CT molecular complexity index is 270. The molecule has 0 aromatic heterocycles. The highest BCUT2D eigenvalue weighted by atomic mass is 16.3. The van der Waals surface area contributed by atoms with E-state index in [9.17, 15) is 5.11 Å². The molecule has 19 heavy (non-hydrogen) atoms. The van der Waals surface area contributed by atoms with Crippen molar-refractivity contribution in [2.45, 2.75) is 51.6 Å². The molecule has 1 N–H and O–H groups in total. The minimum atomic E-state index is -0.431. The first-order chi connectivity index (χ1) is 9.06. The lowest BCUT2D eigenvalue weighted by molar-refractivity contribution is -0.0763. The van der Waals surface area contributed by atoms with Gasteiger partial charge in [0.2, 0.25) is 0 Å². The molecule has 1 aliphatic carbocycles. The molecule has 2 aliphatic rings. The molecule has 0 aromatic rings. The van der Waals surface area contributed by atoms with Crippen molar-refractivity contribution in [1.82, 2.24) is 9.80 Å². The van der Waals surface area contributed by atoms with Crippen LogP contribution in [-0.4, -0.2) is 60.3 Å². The minimum absolute atomic E-state index is 0.393. The zero-order chi connectivity index (χ0) is 13.9. The standard InChI is InChI=1S/C16H32N2O/c1-4-16(19,15-7-5-6-8-15)14(2)13-18-11-9-17(3)10-12-18/h14-15,19H,4-13H2,1-3H3. The van der Waals surface area contributed by atoms with E-state index in [1.165, 1.54) is 38.8 Å². The molecule has 112 valence electrons. The lowest BCUT2D eigenvalue weighted by atomic mass is 9.74. The van der Waals surface area contributed by atoms with Crippen molar-refractivity contribution in [2.75, 3.05) is 39.8 Å². The summed E-state index contributed by atoms with van der Waals surface area (Å²) in [6.07, 6.45) is 6.00. The number of hydrogen-bond acceptors (Lipinski definition) is 3. The fraction of sp³-hybridized carbons (Fsp3) is 1.00. The lowest BCUT2D eigenvalue weighted by Gasteiger charge is -2.42. The van der Waals surface area contributed by atoms with Crippen molar-refractivity contribution in [3.05, 3.63) is 0 Å². The van der Waals surface area contributed by atoms with E-state index >= 15 is 0 Å². The van der Waals surface area contributed by atoms with Gasteiger partial charge in [-0.05, 0) is 38.1 Å². The highest BCUT2D eigenvalue weighted by Gasteiger charge is 2.41. The van der Waals surface area contributed by atoms with Crippen molar-refractivity contribution >= 4 is 0 Å². The number of hydrogen-bond donors (Lipinski definition) is 1. The summed E-state index contributed by atoms with van der Waals surface area (Å²) < 4.78 is 0. The molecule has 2 rings (SSSR count). The molecule has 2 unspecified atom stereocenters. The van der Waals surface area contributed by atoms with Gasteiger partial charge in [0.25, 0.3) is 0 Å². The van der Waals surface area contributed by atoms with E-state index in [1.807, 2.05) is 0 Å². The van der Waals surface area contributed by atoms with Crippen LogP contribution < -0.4 is 0 Å². The molecular weight excluding hydrogens is 236 g/mol. The summed E-state index contributed by atoms with van der Waals surface area (Å²) in [7, 11) is 2.20. The van der Waals surface area contributed by atoms with Gasteiger partial charge in [-0.15, -0.1) is 0 Å². The molecule has 3 heteroatoms. The second-order valence-electron chi connectivity index (χ2n) is 6.83. The van der Waals surface area contributed by atoms with Gasteiger partial charge in [-0.3, -0.25) is 0 Å². The molecule has 0 spiro atoms. The van der Waals surface area contributed by atoms with Crippen molar-refractivity contribution in [1.29, 1.82) is 0 Å². The molecule has 1 saturated carbocycles. The van der Waals surface area contributed by atoms with E-state index in [1.54, 1.807) is 0 Å². The van der Waals surface area contributed by atoms with Crippen LogP contribution in [0.5, 0.6) is 0 Å². The molecule has 2 fully saturated rings. The number of likely N-dealkylation sites (N-methyl/N-ethyl adjacent to an activating group) is 1. The molecule has 3 nitrogen and oxygen atoms in total.